The number of aliphatic hydroxyl groups is 1. The van der Waals surface area contributed by atoms with Gasteiger partial charge in [-0.1, -0.05) is 0 Å². The summed E-state index contributed by atoms with van der Waals surface area (Å²) in [5.74, 6) is -0.105. The van der Waals surface area contributed by atoms with Gasteiger partial charge in [-0.05, 0) is 0 Å². The Morgan fingerprint density at radius 3 is 2.44 bits per heavy atom. The van der Waals surface area contributed by atoms with Crippen LogP contribution in [0.15, 0.2) is 34.3 Å². The molecule has 7 nitrogen and oxygen atoms in total. The normalized spacial score (nSPS) is 21.9. The molecular formula is C24H38N3O4P. The number of aryl methyl sites for hydroxylation is 1. The van der Waals surface area contributed by atoms with E-state index in [1.54, 1.807) is 11.8 Å². The SMILES string of the molecule is CCO[PH]1(O)N=C(C2=C(O)[C@H](C(C)(C)C)N(CCC(C)(C)C)C2=O)Nc2ccc(C)cc21. The minimum absolute atomic E-state index is 0.00827. The van der Waals surface area contributed by atoms with E-state index in [0.29, 0.717) is 17.5 Å². The molecule has 1 amide bonds. The van der Waals surface area contributed by atoms with E-state index in [4.69, 9.17) is 4.52 Å². The van der Waals surface area contributed by atoms with Crippen LogP contribution in [0.3, 0.4) is 0 Å². The van der Waals surface area contributed by atoms with Crippen molar-refractivity contribution < 1.29 is 19.3 Å². The molecule has 0 saturated carbocycles. The second-order valence-corrected chi connectivity index (χ2v) is 13.3. The average Bonchev–Trinajstić information content (AvgIpc) is 2.90. The molecule has 0 fully saturated rings. The monoisotopic (exact) mass is 463 g/mol. The molecular weight excluding hydrogens is 425 g/mol. The molecule has 3 N–H and O–H groups in total. The van der Waals surface area contributed by atoms with Crippen LogP contribution in [0.2, 0.25) is 0 Å². The van der Waals surface area contributed by atoms with Crippen LogP contribution in [0.1, 0.15) is 60.5 Å². The van der Waals surface area contributed by atoms with E-state index in [9.17, 15) is 14.8 Å². The zero-order valence-electron chi connectivity index (χ0n) is 20.5. The number of rotatable bonds is 5. The number of nitrogens with one attached hydrogen (secondary N) is 1. The van der Waals surface area contributed by atoms with Crippen molar-refractivity contribution in [2.24, 2.45) is 15.6 Å². The fourth-order valence-corrected chi connectivity index (χ4v) is 6.40. The van der Waals surface area contributed by atoms with Crippen molar-refractivity contribution >= 4 is 30.6 Å². The van der Waals surface area contributed by atoms with Gasteiger partial charge in [-0.3, -0.25) is 0 Å². The summed E-state index contributed by atoms with van der Waals surface area (Å²) in [6.45, 7) is 17.0. The van der Waals surface area contributed by atoms with E-state index in [-0.39, 0.29) is 40.5 Å². The van der Waals surface area contributed by atoms with E-state index in [2.05, 4.69) is 30.9 Å². The van der Waals surface area contributed by atoms with Crippen molar-refractivity contribution in [1.82, 2.24) is 4.90 Å². The number of carbonyl (C=O) groups is 1. The molecule has 0 aromatic heterocycles. The molecule has 0 aliphatic carbocycles. The van der Waals surface area contributed by atoms with Crippen molar-refractivity contribution in [3.8, 4) is 0 Å². The van der Waals surface area contributed by atoms with Gasteiger partial charge in [0.25, 0.3) is 0 Å². The molecule has 0 spiro atoms. The first-order chi connectivity index (χ1) is 14.7. The van der Waals surface area contributed by atoms with Crippen LogP contribution in [0.25, 0.3) is 0 Å². The summed E-state index contributed by atoms with van der Waals surface area (Å²) in [7, 11) is -3.71. The summed E-state index contributed by atoms with van der Waals surface area (Å²) < 4.78 is 10.3. The summed E-state index contributed by atoms with van der Waals surface area (Å²) in [5.41, 5.74) is 1.42. The molecule has 0 unspecified atom stereocenters. The van der Waals surface area contributed by atoms with Gasteiger partial charge in [0.15, 0.2) is 0 Å². The first kappa shape index (κ1) is 24.7. The van der Waals surface area contributed by atoms with E-state index in [1.165, 1.54) is 0 Å². The molecule has 2 aliphatic rings. The quantitative estimate of drug-likeness (QED) is 0.560. The number of hydrogen-bond acceptors (Lipinski definition) is 6. The van der Waals surface area contributed by atoms with Crippen molar-refractivity contribution in [3.63, 3.8) is 0 Å². The van der Waals surface area contributed by atoms with Crippen molar-refractivity contribution in [1.29, 1.82) is 0 Å². The zero-order valence-corrected chi connectivity index (χ0v) is 21.5. The number of hydrogen-bond donors (Lipinski definition) is 3. The molecule has 1 atom stereocenters. The van der Waals surface area contributed by atoms with Crippen LogP contribution in [0.4, 0.5) is 5.69 Å². The van der Waals surface area contributed by atoms with Gasteiger partial charge in [0.1, 0.15) is 0 Å². The molecule has 8 heteroatoms. The number of nitrogens with zero attached hydrogens (tertiary/aromatic N) is 2. The third-order valence-corrected chi connectivity index (χ3v) is 8.18. The predicted molar refractivity (Wildman–Crippen MR) is 133 cm³/mol. The van der Waals surface area contributed by atoms with Crippen molar-refractivity contribution in [2.45, 2.75) is 67.9 Å². The number of amidine groups is 1. The molecule has 178 valence electrons. The van der Waals surface area contributed by atoms with Gasteiger partial charge in [-0.15, -0.1) is 0 Å². The first-order valence-corrected chi connectivity index (χ1v) is 13.1. The number of carbonyl (C=O) groups excluding carboxylic acids is 1. The van der Waals surface area contributed by atoms with Gasteiger partial charge in [0.05, 0.1) is 0 Å². The molecule has 1 aromatic rings. The number of fused-ring (bicyclic) bond motifs is 1. The molecule has 0 saturated heterocycles. The third kappa shape index (κ3) is 4.70. The van der Waals surface area contributed by atoms with Gasteiger partial charge in [-0.25, -0.2) is 0 Å². The fourth-order valence-electron chi connectivity index (χ4n) is 4.28. The van der Waals surface area contributed by atoms with Crippen molar-refractivity contribution in [2.75, 3.05) is 18.5 Å². The van der Waals surface area contributed by atoms with Gasteiger partial charge < -0.3 is 0 Å². The first-order valence-electron chi connectivity index (χ1n) is 11.3. The van der Waals surface area contributed by atoms with Crippen LogP contribution < -0.4 is 10.6 Å². The minimum atomic E-state index is -3.71. The van der Waals surface area contributed by atoms with E-state index in [1.807, 2.05) is 45.9 Å². The van der Waals surface area contributed by atoms with E-state index >= 15 is 0 Å². The Balaban J connectivity index is 2.09. The van der Waals surface area contributed by atoms with Crippen molar-refractivity contribution in [3.05, 3.63) is 35.1 Å². The Morgan fingerprint density at radius 1 is 1.22 bits per heavy atom. The van der Waals surface area contributed by atoms with Gasteiger partial charge in [0, 0.05) is 0 Å². The van der Waals surface area contributed by atoms with Gasteiger partial charge in [-0.2, -0.15) is 0 Å². The van der Waals surface area contributed by atoms with Gasteiger partial charge >= 0.3 is 192 Å². The second kappa shape index (κ2) is 8.44. The number of amides is 1. The van der Waals surface area contributed by atoms with Crippen LogP contribution in [-0.4, -0.2) is 45.8 Å². The number of anilines is 1. The number of aliphatic hydroxyl groups excluding tert-OH is 1. The maximum atomic E-state index is 13.6. The molecule has 0 radical (unpaired) electrons. The Kier molecular flexibility index (Phi) is 6.51. The Bertz CT molecular complexity index is 974. The summed E-state index contributed by atoms with van der Waals surface area (Å²) >= 11 is 0. The van der Waals surface area contributed by atoms with E-state index in [0.717, 1.165) is 12.0 Å². The topological polar surface area (TPSA) is 94.4 Å². The molecule has 2 aliphatic heterocycles. The van der Waals surface area contributed by atoms with Crippen LogP contribution in [0, 0.1) is 17.8 Å². The standard InChI is InChI=1S/C24H38N3O4P/c1-9-31-32(30)17-14-15(2)10-11-16(17)25-21(26-32)18-19(28)20(24(6,7)8)27(22(18)29)13-12-23(3,4)5/h10-11,14,20,28,30,32H,9,12-13H2,1-8H3,(H,25,26)/t20-/m1/s1. The maximum absolute atomic E-state index is 13.6. The Labute approximate surface area is 192 Å². The summed E-state index contributed by atoms with van der Waals surface area (Å²) in [5, 5.41) is 15.1. The van der Waals surface area contributed by atoms with Crippen LogP contribution in [0.5, 0.6) is 0 Å². The van der Waals surface area contributed by atoms with Crippen LogP contribution >= 0.6 is 7.87 Å². The van der Waals surface area contributed by atoms with E-state index < -0.39 is 13.9 Å². The Hall–Kier alpha value is -1.95. The fraction of sp³-hybridized carbons (Fsp3) is 0.583. The second-order valence-electron chi connectivity index (χ2n) is 11.0. The molecule has 0 bridgehead atoms. The third-order valence-electron chi connectivity index (χ3n) is 5.85. The summed E-state index contributed by atoms with van der Waals surface area (Å²) in [4.78, 5) is 26.8. The van der Waals surface area contributed by atoms with Gasteiger partial charge in [0.2, 0.25) is 0 Å². The molecule has 1 aromatic carbocycles. The Morgan fingerprint density at radius 2 is 1.88 bits per heavy atom. The predicted octanol–water partition coefficient (Wildman–Crippen LogP) is 4.47. The average molecular weight is 464 g/mol. The molecule has 3 rings (SSSR count). The summed E-state index contributed by atoms with van der Waals surface area (Å²) in [6, 6.07) is 5.17. The van der Waals surface area contributed by atoms with Crippen LogP contribution in [-0.2, 0) is 9.32 Å². The number of benzene rings is 1. The molecule has 2 heterocycles. The summed E-state index contributed by atoms with van der Waals surface area (Å²) in [6.07, 6.45) is 0.797. The molecule has 32 heavy (non-hydrogen) atoms. The zero-order chi connectivity index (χ0) is 24.1.